The van der Waals surface area contributed by atoms with E-state index in [1.165, 1.54) is 0 Å². The second-order valence-corrected chi connectivity index (χ2v) is 7.35. The Morgan fingerprint density at radius 3 is 2.45 bits per heavy atom. The van der Waals surface area contributed by atoms with E-state index in [0.29, 0.717) is 36.4 Å². The first kappa shape index (κ1) is 19.1. The first-order valence-corrected chi connectivity index (χ1v) is 10.3. The van der Waals surface area contributed by atoms with E-state index in [2.05, 4.69) is 15.1 Å². The van der Waals surface area contributed by atoms with Crippen molar-refractivity contribution >= 4 is 11.3 Å². The standard InChI is InChI=1S/C22H21N3O3S/c1-4-26-19-10-9-17(12-20(19)27-5-2)22-24-21(25-28-22)16-8-6-7-15(11-16)18-13-29-14(3)23-18/h6-13H,4-5H2,1-3H3. The zero-order valence-electron chi connectivity index (χ0n) is 16.5. The fraction of sp³-hybridized carbons (Fsp3) is 0.227. The van der Waals surface area contributed by atoms with Gasteiger partial charge in [0.2, 0.25) is 5.82 Å². The van der Waals surface area contributed by atoms with E-state index < -0.39 is 0 Å². The van der Waals surface area contributed by atoms with Gasteiger partial charge in [0.15, 0.2) is 11.5 Å². The van der Waals surface area contributed by atoms with Crippen LogP contribution >= 0.6 is 11.3 Å². The average molecular weight is 407 g/mol. The van der Waals surface area contributed by atoms with Gasteiger partial charge in [-0.3, -0.25) is 0 Å². The number of thiazole rings is 1. The molecule has 0 fully saturated rings. The maximum atomic E-state index is 5.69. The zero-order chi connectivity index (χ0) is 20.2. The predicted octanol–water partition coefficient (Wildman–Crippen LogP) is 5.63. The van der Waals surface area contributed by atoms with E-state index in [9.17, 15) is 0 Å². The highest BCUT2D eigenvalue weighted by atomic mass is 32.1. The number of rotatable bonds is 7. The van der Waals surface area contributed by atoms with Crippen molar-refractivity contribution in [3.05, 3.63) is 52.9 Å². The lowest BCUT2D eigenvalue weighted by molar-refractivity contribution is 0.288. The van der Waals surface area contributed by atoms with Crippen molar-refractivity contribution in [1.29, 1.82) is 0 Å². The molecule has 0 radical (unpaired) electrons. The molecule has 0 aliphatic rings. The number of aryl methyl sites for hydroxylation is 1. The Kier molecular flexibility index (Phi) is 5.57. The van der Waals surface area contributed by atoms with Gasteiger partial charge < -0.3 is 14.0 Å². The monoisotopic (exact) mass is 407 g/mol. The molecule has 2 aromatic heterocycles. The van der Waals surface area contributed by atoms with Crippen LogP contribution in [-0.2, 0) is 0 Å². The van der Waals surface area contributed by atoms with Gasteiger partial charge in [-0.25, -0.2) is 4.98 Å². The van der Waals surface area contributed by atoms with Crippen LogP contribution in [0.2, 0.25) is 0 Å². The maximum absolute atomic E-state index is 5.69. The molecule has 2 heterocycles. The fourth-order valence-electron chi connectivity index (χ4n) is 2.96. The summed E-state index contributed by atoms with van der Waals surface area (Å²) < 4.78 is 16.8. The molecule has 0 bridgehead atoms. The third-order valence-corrected chi connectivity index (χ3v) is 5.03. The molecule has 0 saturated carbocycles. The second kappa shape index (κ2) is 8.45. The summed E-state index contributed by atoms with van der Waals surface area (Å²) in [4.78, 5) is 9.12. The molecule has 0 N–H and O–H groups in total. The van der Waals surface area contributed by atoms with Gasteiger partial charge in [-0.2, -0.15) is 4.98 Å². The lowest BCUT2D eigenvalue weighted by atomic mass is 10.1. The van der Waals surface area contributed by atoms with Gasteiger partial charge in [0, 0.05) is 22.1 Å². The molecule has 4 rings (SSSR count). The number of hydrogen-bond donors (Lipinski definition) is 0. The first-order valence-electron chi connectivity index (χ1n) is 9.44. The van der Waals surface area contributed by atoms with Crippen molar-refractivity contribution in [3.63, 3.8) is 0 Å². The van der Waals surface area contributed by atoms with E-state index in [1.807, 2.05) is 68.6 Å². The Balaban J connectivity index is 1.64. The summed E-state index contributed by atoms with van der Waals surface area (Å²) in [7, 11) is 0. The fourth-order valence-corrected chi connectivity index (χ4v) is 3.58. The van der Waals surface area contributed by atoms with Crippen molar-refractivity contribution in [2.45, 2.75) is 20.8 Å². The minimum absolute atomic E-state index is 0.430. The molecule has 29 heavy (non-hydrogen) atoms. The highest BCUT2D eigenvalue weighted by molar-refractivity contribution is 7.09. The highest BCUT2D eigenvalue weighted by Crippen LogP contribution is 2.33. The minimum atomic E-state index is 0.430. The van der Waals surface area contributed by atoms with Crippen molar-refractivity contribution in [1.82, 2.24) is 15.1 Å². The summed E-state index contributed by atoms with van der Waals surface area (Å²) in [6.07, 6.45) is 0. The van der Waals surface area contributed by atoms with Crippen LogP contribution in [0.4, 0.5) is 0 Å². The first-order chi connectivity index (χ1) is 14.2. The number of aromatic nitrogens is 3. The van der Waals surface area contributed by atoms with Crippen molar-refractivity contribution in [3.8, 4) is 45.6 Å². The summed E-state index contributed by atoms with van der Waals surface area (Å²) in [6, 6.07) is 13.6. The summed E-state index contributed by atoms with van der Waals surface area (Å²) in [5, 5.41) is 7.24. The molecular weight excluding hydrogens is 386 g/mol. The van der Waals surface area contributed by atoms with E-state index in [1.54, 1.807) is 11.3 Å². The Hall–Kier alpha value is -3.19. The summed E-state index contributed by atoms with van der Waals surface area (Å²) in [5.74, 6) is 2.32. The lowest BCUT2D eigenvalue weighted by Gasteiger charge is -2.11. The molecule has 0 aliphatic carbocycles. The zero-order valence-corrected chi connectivity index (χ0v) is 17.3. The number of nitrogens with zero attached hydrogens (tertiary/aromatic N) is 3. The van der Waals surface area contributed by atoms with E-state index in [0.717, 1.165) is 27.4 Å². The van der Waals surface area contributed by atoms with Gasteiger partial charge in [-0.15, -0.1) is 11.3 Å². The topological polar surface area (TPSA) is 70.3 Å². The van der Waals surface area contributed by atoms with E-state index in [-0.39, 0.29) is 0 Å². The van der Waals surface area contributed by atoms with Crippen LogP contribution in [0.15, 0.2) is 52.4 Å². The second-order valence-electron chi connectivity index (χ2n) is 6.28. The van der Waals surface area contributed by atoms with Gasteiger partial charge in [0.05, 0.1) is 23.9 Å². The molecule has 6 nitrogen and oxygen atoms in total. The molecule has 7 heteroatoms. The number of hydrogen-bond acceptors (Lipinski definition) is 7. The Labute approximate surface area is 173 Å². The van der Waals surface area contributed by atoms with Crippen LogP contribution in [0.5, 0.6) is 11.5 Å². The van der Waals surface area contributed by atoms with Gasteiger partial charge in [-0.05, 0) is 45.0 Å². The smallest absolute Gasteiger partial charge is 0.258 e. The van der Waals surface area contributed by atoms with Crippen LogP contribution in [0, 0.1) is 6.92 Å². The number of benzene rings is 2. The molecule has 0 aliphatic heterocycles. The van der Waals surface area contributed by atoms with Crippen LogP contribution in [0.25, 0.3) is 34.1 Å². The molecule has 0 unspecified atom stereocenters. The van der Waals surface area contributed by atoms with Gasteiger partial charge >= 0.3 is 0 Å². The molecule has 4 aromatic rings. The largest absolute Gasteiger partial charge is 0.490 e. The van der Waals surface area contributed by atoms with Crippen molar-refractivity contribution in [2.24, 2.45) is 0 Å². The molecule has 0 spiro atoms. The van der Waals surface area contributed by atoms with Gasteiger partial charge in [-0.1, -0.05) is 23.4 Å². The van der Waals surface area contributed by atoms with E-state index >= 15 is 0 Å². The van der Waals surface area contributed by atoms with Gasteiger partial charge in [0.25, 0.3) is 5.89 Å². The maximum Gasteiger partial charge on any atom is 0.258 e. The molecular formula is C22H21N3O3S. The molecule has 0 atom stereocenters. The molecule has 148 valence electrons. The predicted molar refractivity (Wildman–Crippen MR) is 113 cm³/mol. The van der Waals surface area contributed by atoms with Crippen LogP contribution in [-0.4, -0.2) is 28.3 Å². The minimum Gasteiger partial charge on any atom is -0.490 e. The quantitative estimate of drug-likeness (QED) is 0.395. The van der Waals surface area contributed by atoms with Crippen LogP contribution in [0.1, 0.15) is 18.9 Å². The average Bonchev–Trinajstić information content (AvgIpc) is 3.39. The van der Waals surface area contributed by atoms with Crippen molar-refractivity contribution in [2.75, 3.05) is 13.2 Å². The Bertz CT molecular complexity index is 1120. The van der Waals surface area contributed by atoms with Crippen LogP contribution in [0.3, 0.4) is 0 Å². The Morgan fingerprint density at radius 1 is 0.897 bits per heavy atom. The lowest BCUT2D eigenvalue weighted by Crippen LogP contribution is -1.98. The third kappa shape index (κ3) is 4.14. The van der Waals surface area contributed by atoms with E-state index in [4.69, 9.17) is 14.0 Å². The summed E-state index contributed by atoms with van der Waals surface area (Å²) in [6.45, 7) is 6.98. The molecule has 2 aromatic carbocycles. The Morgan fingerprint density at radius 2 is 1.69 bits per heavy atom. The number of ether oxygens (including phenoxy) is 2. The summed E-state index contributed by atoms with van der Waals surface area (Å²) in [5.41, 5.74) is 3.63. The third-order valence-electron chi connectivity index (χ3n) is 4.25. The van der Waals surface area contributed by atoms with Gasteiger partial charge in [0.1, 0.15) is 0 Å². The highest BCUT2D eigenvalue weighted by Gasteiger charge is 2.15. The molecule has 0 saturated heterocycles. The van der Waals surface area contributed by atoms with Crippen LogP contribution < -0.4 is 9.47 Å². The molecule has 0 amide bonds. The normalized spacial score (nSPS) is 10.9. The SMILES string of the molecule is CCOc1ccc(-c2nc(-c3cccc(-c4csc(C)n4)c3)no2)cc1OCC. The summed E-state index contributed by atoms with van der Waals surface area (Å²) >= 11 is 1.63. The van der Waals surface area contributed by atoms with Crippen molar-refractivity contribution < 1.29 is 14.0 Å².